The first-order valence-electron chi connectivity index (χ1n) is 8.44. The number of halogens is 2. The van der Waals surface area contributed by atoms with E-state index >= 15 is 0 Å². The molecule has 3 rings (SSSR count). The van der Waals surface area contributed by atoms with Gasteiger partial charge in [-0.15, -0.1) is 0 Å². The Kier molecular flexibility index (Phi) is 6.27. The van der Waals surface area contributed by atoms with E-state index in [2.05, 4.69) is 5.32 Å². The summed E-state index contributed by atoms with van der Waals surface area (Å²) in [5.41, 5.74) is 0.583. The Balaban J connectivity index is 1.60. The number of rotatable bonds is 5. The molecule has 2 fully saturated rings. The monoisotopic (exact) mass is 412 g/mol. The summed E-state index contributed by atoms with van der Waals surface area (Å²) < 4.78 is 0. The van der Waals surface area contributed by atoms with Gasteiger partial charge in [0.25, 0.3) is 11.1 Å². The Hall–Kier alpha value is -1.50. The van der Waals surface area contributed by atoms with Gasteiger partial charge in [-0.3, -0.25) is 19.3 Å². The van der Waals surface area contributed by atoms with Gasteiger partial charge in [0.2, 0.25) is 5.91 Å². The number of hydrogen-bond acceptors (Lipinski definition) is 4. The smallest absolute Gasteiger partial charge is 0.293 e. The third-order valence-corrected chi connectivity index (χ3v) is 6.24. The van der Waals surface area contributed by atoms with Crippen LogP contribution >= 0.6 is 35.0 Å². The molecular weight excluding hydrogens is 395 g/mol. The molecule has 0 unspecified atom stereocenters. The van der Waals surface area contributed by atoms with Crippen molar-refractivity contribution in [3.63, 3.8) is 0 Å². The first-order chi connectivity index (χ1) is 12.5. The van der Waals surface area contributed by atoms with Crippen molar-refractivity contribution < 1.29 is 14.4 Å². The molecule has 1 N–H and O–H groups in total. The number of carbonyl (C=O) groups excluding carboxylic acids is 3. The summed E-state index contributed by atoms with van der Waals surface area (Å²) in [7, 11) is 0. The fourth-order valence-electron chi connectivity index (χ4n) is 3.09. The molecule has 5 nitrogen and oxygen atoms in total. The summed E-state index contributed by atoms with van der Waals surface area (Å²) in [6, 6.07) is 5.10. The SMILES string of the molecule is O=C(NCCN1C(=O)S/C(=C\c2cccc(Cl)c2Cl)C1=O)C1CCCC1. The Morgan fingerprint density at radius 1 is 1.27 bits per heavy atom. The van der Waals surface area contributed by atoms with Gasteiger partial charge in [0.15, 0.2) is 0 Å². The number of benzene rings is 1. The first-order valence-corrected chi connectivity index (χ1v) is 10.0. The fourth-order valence-corrected chi connectivity index (χ4v) is 4.31. The molecule has 0 bridgehead atoms. The maximum atomic E-state index is 12.5. The highest BCUT2D eigenvalue weighted by Gasteiger charge is 2.35. The van der Waals surface area contributed by atoms with Crippen LogP contribution in [-0.2, 0) is 9.59 Å². The molecule has 2 aliphatic rings. The molecule has 0 atom stereocenters. The molecular formula is C18H18Cl2N2O3S. The maximum Gasteiger partial charge on any atom is 0.293 e. The Bertz CT molecular complexity index is 776. The zero-order valence-corrected chi connectivity index (χ0v) is 16.3. The summed E-state index contributed by atoms with van der Waals surface area (Å²) in [4.78, 5) is 38.0. The number of nitrogens with one attached hydrogen (secondary N) is 1. The standard InChI is InChI=1S/C18H18Cl2N2O3S/c19-13-7-3-6-12(15(13)20)10-14-17(24)22(18(25)26-14)9-8-21-16(23)11-4-1-2-5-11/h3,6-7,10-11H,1-2,4-5,8-9H2,(H,21,23)/b14-10-. The van der Waals surface area contributed by atoms with Crippen LogP contribution in [0.5, 0.6) is 0 Å². The Morgan fingerprint density at radius 3 is 2.73 bits per heavy atom. The lowest BCUT2D eigenvalue weighted by molar-refractivity contribution is -0.126. The van der Waals surface area contributed by atoms with Crippen molar-refractivity contribution in [2.24, 2.45) is 5.92 Å². The number of carbonyl (C=O) groups is 3. The average Bonchev–Trinajstić information content (AvgIpc) is 3.23. The van der Waals surface area contributed by atoms with Gasteiger partial charge in [-0.05, 0) is 42.3 Å². The van der Waals surface area contributed by atoms with E-state index in [1.807, 2.05) is 0 Å². The van der Waals surface area contributed by atoms with E-state index in [1.54, 1.807) is 24.3 Å². The number of imide groups is 1. The normalized spacial score (nSPS) is 19.6. The number of amides is 3. The predicted molar refractivity (Wildman–Crippen MR) is 104 cm³/mol. The van der Waals surface area contributed by atoms with Gasteiger partial charge in [-0.25, -0.2) is 0 Å². The molecule has 1 saturated carbocycles. The molecule has 0 spiro atoms. The summed E-state index contributed by atoms with van der Waals surface area (Å²) in [6.07, 6.45) is 5.55. The van der Waals surface area contributed by atoms with Crippen molar-refractivity contribution in [2.45, 2.75) is 25.7 Å². The van der Waals surface area contributed by atoms with E-state index in [-0.39, 0.29) is 36.1 Å². The maximum absolute atomic E-state index is 12.5. The highest BCUT2D eigenvalue weighted by atomic mass is 35.5. The van der Waals surface area contributed by atoms with Crippen molar-refractivity contribution in [1.29, 1.82) is 0 Å². The molecule has 3 amide bonds. The Morgan fingerprint density at radius 2 is 2.00 bits per heavy atom. The van der Waals surface area contributed by atoms with Gasteiger partial charge < -0.3 is 5.32 Å². The molecule has 1 saturated heterocycles. The van der Waals surface area contributed by atoms with Gasteiger partial charge in [0.1, 0.15) is 0 Å². The minimum absolute atomic E-state index is 0.00993. The van der Waals surface area contributed by atoms with Crippen LogP contribution in [0, 0.1) is 5.92 Å². The van der Waals surface area contributed by atoms with Gasteiger partial charge in [-0.1, -0.05) is 48.2 Å². The van der Waals surface area contributed by atoms with Gasteiger partial charge in [-0.2, -0.15) is 0 Å². The van der Waals surface area contributed by atoms with Crippen LogP contribution in [0.4, 0.5) is 4.79 Å². The summed E-state index contributed by atoms with van der Waals surface area (Å²) in [5.74, 6) is -0.309. The lowest BCUT2D eigenvalue weighted by atomic mass is 10.1. The van der Waals surface area contributed by atoms with Crippen molar-refractivity contribution in [3.8, 4) is 0 Å². The molecule has 1 heterocycles. The highest BCUT2D eigenvalue weighted by molar-refractivity contribution is 8.18. The van der Waals surface area contributed by atoms with E-state index in [0.717, 1.165) is 42.3 Å². The van der Waals surface area contributed by atoms with Crippen LogP contribution in [0.1, 0.15) is 31.2 Å². The molecule has 0 radical (unpaired) electrons. The molecule has 0 aromatic heterocycles. The predicted octanol–water partition coefficient (Wildman–Crippen LogP) is 4.34. The molecule has 1 aromatic rings. The number of hydrogen-bond donors (Lipinski definition) is 1. The molecule has 138 valence electrons. The van der Waals surface area contributed by atoms with Crippen molar-refractivity contribution in [1.82, 2.24) is 10.2 Å². The molecule has 1 aliphatic heterocycles. The molecule has 8 heteroatoms. The minimum atomic E-state index is -0.383. The van der Waals surface area contributed by atoms with Crippen LogP contribution in [0.15, 0.2) is 23.1 Å². The van der Waals surface area contributed by atoms with Crippen LogP contribution in [-0.4, -0.2) is 35.0 Å². The summed E-state index contributed by atoms with van der Waals surface area (Å²) in [5, 5.41) is 3.19. The minimum Gasteiger partial charge on any atom is -0.354 e. The Labute approximate surface area is 166 Å². The largest absolute Gasteiger partial charge is 0.354 e. The summed E-state index contributed by atoms with van der Waals surface area (Å²) in [6.45, 7) is 0.419. The van der Waals surface area contributed by atoms with Crippen LogP contribution in [0.25, 0.3) is 6.08 Å². The van der Waals surface area contributed by atoms with Gasteiger partial charge in [0, 0.05) is 19.0 Å². The summed E-state index contributed by atoms with van der Waals surface area (Å²) >= 11 is 13.0. The van der Waals surface area contributed by atoms with Gasteiger partial charge in [0.05, 0.1) is 15.0 Å². The second-order valence-electron chi connectivity index (χ2n) is 6.25. The van der Waals surface area contributed by atoms with E-state index in [0.29, 0.717) is 20.5 Å². The van der Waals surface area contributed by atoms with Crippen LogP contribution in [0.2, 0.25) is 10.0 Å². The zero-order chi connectivity index (χ0) is 18.7. The topological polar surface area (TPSA) is 66.5 Å². The number of nitrogens with zero attached hydrogens (tertiary/aromatic N) is 1. The van der Waals surface area contributed by atoms with E-state index < -0.39 is 0 Å². The lowest BCUT2D eigenvalue weighted by Crippen LogP contribution is -2.39. The van der Waals surface area contributed by atoms with Gasteiger partial charge >= 0.3 is 0 Å². The van der Waals surface area contributed by atoms with E-state index in [1.165, 1.54) is 0 Å². The molecule has 1 aliphatic carbocycles. The lowest BCUT2D eigenvalue weighted by Gasteiger charge is -2.14. The fraction of sp³-hybridized carbons (Fsp3) is 0.389. The molecule has 1 aromatic carbocycles. The second-order valence-corrected chi connectivity index (χ2v) is 8.03. The molecule has 26 heavy (non-hydrogen) atoms. The van der Waals surface area contributed by atoms with E-state index in [9.17, 15) is 14.4 Å². The number of thioether (sulfide) groups is 1. The van der Waals surface area contributed by atoms with Crippen LogP contribution in [0.3, 0.4) is 0 Å². The van der Waals surface area contributed by atoms with Crippen LogP contribution < -0.4 is 5.32 Å². The zero-order valence-electron chi connectivity index (χ0n) is 14.0. The highest BCUT2D eigenvalue weighted by Crippen LogP contribution is 2.34. The van der Waals surface area contributed by atoms with Crippen molar-refractivity contribution >= 4 is 58.1 Å². The third kappa shape index (κ3) is 4.24. The van der Waals surface area contributed by atoms with Crippen molar-refractivity contribution in [2.75, 3.05) is 13.1 Å². The average molecular weight is 413 g/mol. The van der Waals surface area contributed by atoms with E-state index in [4.69, 9.17) is 23.2 Å². The first kappa shape index (κ1) is 19.3. The third-order valence-electron chi connectivity index (χ3n) is 4.50. The quantitative estimate of drug-likeness (QED) is 0.730. The second kappa shape index (κ2) is 8.46. The van der Waals surface area contributed by atoms with Crippen molar-refractivity contribution in [3.05, 3.63) is 38.7 Å².